The number of nitrogens with two attached hydrogens (primary N) is 1. The highest BCUT2D eigenvalue weighted by Gasteiger charge is 2.44. The van der Waals surface area contributed by atoms with E-state index in [4.69, 9.17) is 5.73 Å². The largest absolute Gasteiger partial charge is 0.389 e. The van der Waals surface area contributed by atoms with E-state index in [1.54, 1.807) is 54.6 Å². The minimum absolute atomic E-state index is 0.250. The number of nitrogens with one attached hydrogen (secondary N) is 1. The van der Waals surface area contributed by atoms with Crippen molar-refractivity contribution < 1.29 is 40.7 Å². The van der Waals surface area contributed by atoms with Crippen molar-refractivity contribution in [2.24, 2.45) is 22.6 Å². The van der Waals surface area contributed by atoms with Gasteiger partial charge < -0.3 is 16.0 Å². The number of rotatable bonds is 8. The van der Waals surface area contributed by atoms with Crippen LogP contribution in [0.2, 0.25) is 0 Å². The molecule has 3 amide bonds. The van der Waals surface area contributed by atoms with E-state index in [1.807, 2.05) is 0 Å². The molecule has 0 aromatic heterocycles. The summed E-state index contributed by atoms with van der Waals surface area (Å²) in [6, 6.07) is 15.1. The zero-order valence-corrected chi connectivity index (χ0v) is 20.0. The molecule has 2 aromatic rings. The highest BCUT2D eigenvalue weighted by Crippen LogP contribution is 2.34. The number of carbonyl (C=O) groups is 3. The predicted molar refractivity (Wildman–Crippen MR) is 126 cm³/mol. The fraction of sp³-hybridized carbons (Fsp3) is 0.360. The third kappa shape index (κ3) is 7.11. The summed E-state index contributed by atoms with van der Waals surface area (Å²) in [7, 11) is 1.38. The minimum Gasteiger partial charge on any atom is -0.369 e. The molecule has 0 radical (unpaired) electrons. The monoisotopic (exact) mass is 542 g/mol. The summed E-state index contributed by atoms with van der Waals surface area (Å²) in [6.45, 7) is 0. The highest BCUT2D eigenvalue weighted by atomic mass is 19.4. The topological polar surface area (TPSA) is 105 Å². The molecule has 0 aliphatic carbocycles. The molecule has 0 saturated heterocycles. The number of hydrogen-bond donors (Lipinski definition) is 2. The lowest BCUT2D eigenvalue weighted by molar-refractivity contribution is -0.164. The van der Waals surface area contributed by atoms with Gasteiger partial charge in [0, 0.05) is 30.5 Å². The second kappa shape index (κ2) is 11.2. The van der Waals surface area contributed by atoms with Crippen LogP contribution < -0.4 is 16.0 Å². The molecular weight excluding hydrogens is 518 g/mol. The predicted octanol–water partition coefficient (Wildman–Crippen LogP) is 3.96. The molecule has 0 saturated carbocycles. The van der Waals surface area contributed by atoms with E-state index in [0.717, 1.165) is 4.90 Å². The number of para-hydroxylation sites is 1. The van der Waals surface area contributed by atoms with Gasteiger partial charge in [0.05, 0.1) is 23.7 Å². The first-order valence-corrected chi connectivity index (χ1v) is 11.4. The third-order valence-corrected chi connectivity index (χ3v) is 6.05. The van der Waals surface area contributed by atoms with Crippen molar-refractivity contribution in [3.05, 3.63) is 65.7 Å². The number of alkyl halides is 6. The van der Waals surface area contributed by atoms with E-state index in [0.29, 0.717) is 16.8 Å². The van der Waals surface area contributed by atoms with Crippen LogP contribution in [0.3, 0.4) is 0 Å². The molecule has 0 bridgehead atoms. The molecule has 0 fully saturated rings. The van der Waals surface area contributed by atoms with Crippen LogP contribution in [0.4, 0.5) is 32.0 Å². The van der Waals surface area contributed by atoms with Crippen molar-refractivity contribution in [2.45, 2.75) is 37.8 Å². The summed E-state index contributed by atoms with van der Waals surface area (Å²) < 4.78 is 78.4. The van der Waals surface area contributed by atoms with Crippen LogP contribution in [0.25, 0.3) is 0 Å². The average molecular weight is 542 g/mol. The van der Waals surface area contributed by atoms with Gasteiger partial charge in [0.25, 0.3) is 5.91 Å². The number of fused-ring (bicyclic) bond motifs is 1. The molecule has 1 aliphatic rings. The van der Waals surface area contributed by atoms with Crippen molar-refractivity contribution in [3.8, 4) is 0 Å². The highest BCUT2D eigenvalue weighted by molar-refractivity contribution is 6.20. The molecule has 7 nitrogen and oxygen atoms in total. The van der Waals surface area contributed by atoms with Crippen LogP contribution in [-0.2, 0) is 14.4 Å². The van der Waals surface area contributed by atoms with Crippen LogP contribution in [0.1, 0.15) is 30.4 Å². The van der Waals surface area contributed by atoms with Crippen molar-refractivity contribution in [1.82, 2.24) is 5.32 Å². The first-order valence-electron chi connectivity index (χ1n) is 11.4. The van der Waals surface area contributed by atoms with Gasteiger partial charge in [-0.15, -0.1) is 0 Å². The quantitative estimate of drug-likeness (QED) is 0.494. The first-order chi connectivity index (χ1) is 17.7. The van der Waals surface area contributed by atoms with E-state index in [9.17, 15) is 40.7 Å². The fourth-order valence-electron chi connectivity index (χ4n) is 4.21. The number of likely N-dealkylation sites (N-methyl/N-ethyl adjacent to an activating group) is 1. The van der Waals surface area contributed by atoms with Crippen molar-refractivity contribution in [3.63, 3.8) is 0 Å². The summed E-state index contributed by atoms with van der Waals surface area (Å²) in [6.07, 6.45) is -16.2. The SMILES string of the molecule is CN1C(=O)C(NC(=O)C(CC(F)(F)F)C(CCC(F)(F)F)C(N)=O)N=C(c2ccccc2)c2ccccc21. The Morgan fingerprint density at radius 1 is 0.974 bits per heavy atom. The van der Waals surface area contributed by atoms with Gasteiger partial charge in [-0.3, -0.25) is 14.4 Å². The average Bonchev–Trinajstić information content (AvgIpc) is 2.93. The summed E-state index contributed by atoms with van der Waals surface area (Å²) in [4.78, 5) is 43.7. The maximum atomic E-state index is 13.4. The van der Waals surface area contributed by atoms with Crippen LogP contribution in [0.5, 0.6) is 0 Å². The van der Waals surface area contributed by atoms with Crippen molar-refractivity contribution in [2.75, 3.05) is 11.9 Å². The molecule has 3 rings (SSSR count). The lowest BCUT2D eigenvalue weighted by atomic mass is 9.84. The number of aliphatic imine (C=N–C) groups is 1. The van der Waals surface area contributed by atoms with Crippen molar-refractivity contribution >= 4 is 29.1 Å². The number of hydrogen-bond acceptors (Lipinski definition) is 4. The second-order valence-electron chi connectivity index (χ2n) is 8.76. The van der Waals surface area contributed by atoms with Gasteiger partial charge in [-0.1, -0.05) is 48.5 Å². The number of benzene rings is 2. The first kappa shape index (κ1) is 28.7. The van der Waals surface area contributed by atoms with E-state index in [1.165, 1.54) is 7.05 Å². The van der Waals surface area contributed by atoms with Crippen LogP contribution in [0.15, 0.2) is 59.6 Å². The van der Waals surface area contributed by atoms with Crippen LogP contribution in [-0.4, -0.2) is 49.0 Å². The molecule has 204 valence electrons. The second-order valence-corrected chi connectivity index (χ2v) is 8.76. The van der Waals surface area contributed by atoms with Gasteiger partial charge in [-0.25, -0.2) is 4.99 Å². The van der Waals surface area contributed by atoms with E-state index in [2.05, 4.69) is 10.3 Å². The molecule has 0 spiro atoms. The number of halogens is 6. The summed E-state index contributed by atoms with van der Waals surface area (Å²) in [5.41, 5.74) is 6.82. The van der Waals surface area contributed by atoms with E-state index < -0.39 is 67.3 Å². The van der Waals surface area contributed by atoms with Gasteiger partial charge in [0.2, 0.25) is 18.0 Å². The van der Waals surface area contributed by atoms with Gasteiger partial charge in [-0.05, 0) is 12.5 Å². The Morgan fingerprint density at radius 2 is 1.58 bits per heavy atom. The molecule has 38 heavy (non-hydrogen) atoms. The summed E-state index contributed by atoms with van der Waals surface area (Å²) in [5, 5.41) is 2.12. The molecular formula is C25H24F6N4O3. The molecule has 1 aliphatic heterocycles. The Kier molecular flexibility index (Phi) is 8.48. The molecule has 3 atom stereocenters. The third-order valence-electron chi connectivity index (χ3n) is 6.05. The number of carbonyl (C=O) groups excluding carboxylic acids is 3. The number of anilines is 1. The van der Waals surface area contributed by atoms with Gasteiger partial charge >= 0.3 is 12.4 Å². The Balaban J connectivity index is 2.02. The zero-order valence-electron chi connectivity index (χ0n) is 20.0. The number of nitrogens with zero attached hydrogens (tertiary/aromatic N) is 2. The Labute approximate surface area is 213 Å². The van der Waals surface area contributed by atoms with E-state index >= 15 is 0 Å². The minimum atomic E-state index is -5.02. The van der Waals surface area contributed by atoms with Gasteiger partial charge in [0.15, 0.2) is 0 Å². The van der Waals surface area contributed by atoms with Crippen LogP contribution >= 0.6 is 0 Å². The molecule has 1 heterocycles. The maximum absolute atomic E-state index is 13.4. The zero-order chi connectivity index (χ0) is 28.3. The Bertz CT molecular complexity index is 1210. The van der Waals surface area contributed by atoms with Gasteiger partial charge in [0.1, 0.15) is 0 Å². The lowest BCUT2D eigenvalue weighted by Crippen LogP contribution is -2.50. The standard InChI is InChI=1S/C25H24F6N4O3/c1-35-18-10-6-5-9-16(18)19(14-7-3-2-4-8-14)33-21(23(35)38)34-22(37)17(13-25(29,30)31)15(20(32)36)11-12-24(26,27)28/h2-10,15,17,21H,11-13H2,1H3,(H2,32,36)(H,34,37). The number of benzodiazepines with no additional fused rings is 1. The molecule has 2 aromatic carbocycles. The summed E-state index contributed by atoms with van der Waals surface area (Å²) >= 11 is 0. The lowest BCUT2D eigenvalue weighted by Gasteiger charge is -2.27. The Hall–Kier alpha value is -3.90. The van der Waals surface area contributed by atoms with Crippen molar-refractivity contribution in [1.29, 1.82) is 0 Å². The smallest absolute Gasteiger partial charge is 0.369 e. The Morgan fingerprint density at radius 3 is 2.16 bits per heavy atom. The molecule has 13 heteroatoms. The van der Waals surface area contributed by atoms with Crippen LogP contribution in [0, 0.1) is 11.8 Å². The normalized spacial score (nSPS) is 17.7. The number of amides is 3. The maximum Gasteiger partial charge on any atom is 0.389 e. The molecule has 3 unspecified atom stereocenters. The number of primary amides is 1. The van der Waals surface area contributed by atoms with E-state index in [-0.39, 0.29) is 5.71 Å². The summed E-state index contributed by atoms with van der Waals surface area (Å²) in [5.74, 6) is -8.18. The van der Waals surface area contributed by atoms with Gasteiger partial charge in [-0.2, -0.15) is 26.3 Å². The fourth-order valence-corrected chi connectivity index (χ4v) is 4.21. The molecule has 3 N–H and O–H groups in total.